The van der Waals surface area contributed by atoms with Crippen LogP contribution in [-0.4, -0.2) is 16.7 Å². The van der Waals surface area contributed by atoms with E-state index in [0.717, 1.165) is 33.5 Å². The Bertz CT molecular complexity index is 1250. The maximum absolute atomic E-state index is 12.7. The number of amides is 2. The van der Waals surface area contributed by atoms with Gasteiger partial charge in [0.1, 0.15) is 5.75 Å². The Morgan fingerprint density at radius 3 is 2.56 bits per heavy atom. The third-order valence-corrected chi connectivity index (χ3v) is 5.46. The van der Waals surface area contributed by atoms with Gasteiger partial charge in [-0.05, 0) is 49.7 Å². The minimum Gasteiger partial charge on any atom is -0.491 e. The van der Waals surface area contributed by atoms with Crippen LogP contribution in [0.1, 0.15) is 19.5 Å². The van der Waals surface area contributed by atoms with Gasteiger partial charge < -0.3 is 19.9 Å². The molecule has 164 valence electrons. The van der Waals surface area contributed by atoms with Gasteiger partial charge >= 0.3 is 6.03 Å². The molecule has 0 saturated heterocycles. The van der Waals surface area contributed by atoms with Gasteiger partial charge in [-0.15, -0.1) is 0 Å². The second kappa shape index (κ2) is 9.37. The molecule has 2 N–H and O–H groups in total. The Kier molecular flexibility index (Phi) is 6.37. The number of nitrogens with zero attached hydrogens (tertiary/aromatic N) is 1. The first-order valence-electron chi connectivity index (χ1n) is 10.6. The summed E-state index contributed by atoms with van der Waals surface area (Å²) in [6, 6.07) is 23.1. The number of urea groups is 1. The molecule has 0 saturated carbocycles. The van der Waals surface area contributed by atoms with Crippen molar-refractivity contribution in [2.45, 2.75) is 26.5 Å². The van der Waals surface area contributed by atoms with Crippen molar-refractivity contribution in [2.24, 2.45) is 7.05 Å². The molecule has 0 aliphatic carbocycles. The molecular formula is C26H26ClN3O2. The van der Waals surface area contributed by atoms with E-state index in [2.05, 4.69) is 27.3 Å². The van der Waals surface area contributed by atoms with E-state index in [1.807, 2.05) is 81.6 Å². The minimum absolute atomic E-state index is 0.0652. The van der Waals surface area contributed by atoms with Gasteiger partial charge in [-0.1, -0.05) is 48.0 Å². The Hall–Kier alpha value is -3.44. The fourth-order valence-corrected chi connectivity index (χ4v) is 4.03. The molecule has 0 aliphatic heterocycles. The predicted octanol–water partition coefficient (Wildman–Crippen LogP) is 6.61. The van der Waals surface area contributed by atoms with E-state index in [9.17, 15) is 4.79 Å². The molecule has 2 amide bonds. The van der Waals surface area contributed by atoms with E-state index < -0.39 is 0 Å². The highest BCUT2D eigenvalue weighted by molar-refractivity contribution is 6.31. The Morgan fingerprint density at radius 2 is 1.81 bits per heavy atom. The van der Waals surface area contributed by atoms with Crippen LogP contribution in [0, 0.1) is 0 Å². The number of aromatic nitrogens is 1. The zero-order valence-electron chi connectivity index (χ0n) is 18.4. The lowest BCUT2D eigenvalue weighted by Gasteiger charge is -2.13. The zero-order chi connectivity index (χ0) is 22.7. The van der Waals surface area contributed by atoms with Crippen molar-refractivity contribution in [1.29, 1.82) is 0 Å². The second-order valence-electron chi connectivity index (χ2n) is 7.91. The van der Waals surface area contributed by atoms with Crippen LogP contribution in [0.4, 0.5) is 10.5 Å². The summed E-state index contributed by atoms with van der Waals surface area (Å²) in [5.74, 6) is 0.717. The Balaban J connectivity index is 1.58. The molecular weight excluding hydrogens is 422 g/mol. The van der Waals surface area contributed by atoms with Crippen molar-refractivity contribution in [3.05, 3.63) is 83.5 Å². The second-order valence-corrected chi connectivity index (χ2v) is 8.35. The summed E-state index contributed by atoms with van der Waals surface area (Å²) in [6.45, 7) is 4.29. The van der Waals surface area contributed by atoms with Crippen LogP contribution >= 0.6 is 11.6 Å². The number of rotatable bonds is 6. The summed E-state index contributed by atoms with van der Waals surface area (Å²) in [5.41, 5.74) is 4.88. The maximum Gasteiger partial charge on any atom is 0.319 e. The van der Waals surface area contributed by atoms with E-state index in [-0.39, 0.29) is 12.1 Å². The predicted molar refractivity (Wildman–Crippen MR) is 131 cm³/mol. The summed E-state index contributed by atoms with van der Waals surface area (Å²) >= 11 is 6.30. The fraction of sp³-hybridized carbons (Fsp3) is 0.192. The largest absolute Gasteiger partial charge is 0.491 e. The molecule has 0 unspecified atom stereocenters. The number of halogens is 1. The van der Waals surface area contributed by atoms with Gasteiger partial charge in [0, 0.05) is 46.0 Å². The van der Waals surface area contributed by atoms with Gasteiger partial charge in [-0.25, -0.2) is 4.79 Å². The summed E-state index contributed by atoms with van der Waals surface area (Å²) in [6.07, 6.45) is 0.0652. The van der Waals surface area contributed by atoms with Gasteiger partial charge in [0.05, 0.1) is 12.6 Å². The van der Waals surface area contributed by atoms with Gasteiger partial charge in [-0.2, -0.15) is 0 Å². The minimum atomic E-state index is -0.283. The van der Waals surface area contributed by atoms with Crippen LogP contribution in [0.3, 0.4) is 0 Å². The van der Waals surface area contributed by atoms with Crippen LogP contribution in [-0.2, 0) is 13.6 Å². The van der Waals surface area contributed by atoms with Gasteiger partial charge in [-0.3, -0.25) is 0 Å². The normalized spacial score (nSPS) is 11.0. The topological polar surface area (TPSA) is 55.3 Å². The number of carbonyl (C=O) groups excluding carboxylic acids is 1. The number of anilines is 1. The lowest BCUT2D eigenvalue weighted by molar-refractivity contribution is 0.242. The third kappa shape index (κ3) is 4.73. The van der Waals surface area contributed by atoms with Gasteiger partial charge in [0.15, 0.2) is 0 Å². The van der Waals surface area contributed by atoms with Crippen LogP contribution in [0.2, 0.25) is 5.02 Å². The molecule has 1 heterocycles. The van der Waals surface area contributed by atoms with Crippen molar-refractivity contribution in [2.75, 3.05) is 5.32 Å². The number of carbonyl (C=O) groups is 1. The van der Waals surface area contributed by atoms with Gasteiger partial charge in [0.2, 0.25) is 0 Å². The standard InChI is InChI=1S/C26H26ClN3O2/c1-17(2)32-21-11-7-10-20(15-21)29-26(31)28-16-24-25(18-8-5-4-6-9-18)22-14-19(27)12-13-23(22)30(24)3/h4-15,17H,16H2,1-3H3,(H2,28,29,31). The first-order valence-corrected chi connectivity index (χ1v) is 10.9. The van der Waals surface area contributed by atoms with Crippen molar-refractivity contribution in [3.8, 4) is 16.9 Å². The quantitative estimate of drug-likeness (QED) is 0.349. The molecule has 6 heteroatoms. The summed E-state index contributed by atoms with van der Waals surface area (Å²) in [7, 11) is 2.00. The molecule has 4 aromatic rings. The molecule has 0 atom stereocenters. The summed E-state index contributed by atoms with van der Waals surface area (Å²) < 4.78 is 7.81. The third-order valence-electron chi connectivity index (χ3n) is 5.23. The molecule has 1 aromatic heterocycles. The van der Waals surface area contributed by atoms with Crippen molar-refractivity contribution in [3.63, 3.8) is 0 Å². The highest BCUT2D eigenvalue weighted by Crippen LogP contribution is 2.35. The number of nitrogens with one attached hydrogen (secondary N) is 2. The molecule has 5 nitrogen and oxygen atoms in total. The lowest BCUT2D eigenvalue weighted by Crippen LogP contribution is -2.29. The monoisotopic (exact) mass is 447 g/mol. The first-order chi connectivity index (χ1) is 15.4. The molecule has 0 fully saturated rings. The number of benzene rings is 3. The number of fused-ring (bicyclic) bond motifs is 1. The van der Waals surface area contributed by atoms with E-state index in [1.165, 1.54) is 0 Å². The number of aryl methyl sites for hydroxylation is 1. The maximum atomic E-state index is 12.7. The average molecular weight is 448 g/mol. The van der Waals surface area contributed by atoms with Crippen molar-refractivity contribution < 1.29 is 9.53 Å². The molecule has 0 bridgehead atoms. The van der Waals surface area contributed by atoms with Crippen LogP contribution < -0.4 is 15.4 Å². The van der Waals surface area contributed by atoms with E-state index in [1.54, 1.807) is 0 Å². The van der Waals surface area contributed by atoms with Crippen molar-refractivity contribution >= 4 is 34.2 Å². The highest BCUT2D eigenvalue weighted by atomic mass is 35.5. The molecule has 4 rings (SSSR count). The van der Waals surface area contributed by atoms with Crippen molar-refractivity contribution in [1.82, 2.24) is 9.88 Å². The number of hydrogen-bond acceptors (Lipinski definition) is 2. The van der Waals surface area contributed by atoms with E-state index in [0.29, 0.717) is 17.3 Å². The number of hydrogen-bond donors (Lipinski definition) is 2. The molecule has 0 aliphatic rings. The van der Waals surface area contributed by atoms with Crippen LogP contribution in [0.25, 0.3) is 22.0 Å². The van der Waals surface area contributed by atoms with Gasteiger partial charge in [0.25, 0.3) is 0 Å². The van der Waals surface area contributed by atoms with Crippen LogP contribution in [0.15, 0.2) is 72.8 Å². The average Bonchev–Trinajstić information content (AvgIpc) is 3.03. The molecule has 3 aromatic carbocycles. The summed E-state index contributed by atoms with van der Waals surface area (Å²) in [5, 5.41) is 7.62. The van der Waals surface area contributed by atoms with E-state index >= 15 is 0 Å². The molecule has 0 spiro atoms. The summed E-state index contributed by atoms with van der Waals surface area (Å²) in [4.78, 5) is 12.7. The lowest BCUT2D eigenvalue weighted by atomic mass is 10.0. The van der Waals surface area contributed by atoms with E-state index in [4.69, 9.17) is 16.3 Å². The Labute approximate surface area is 193 Å². The first kappa shape index (κ1) is 21.8. The SMILES string of the molecule is CC(C)Oc1cccc(NC(=O)NCc2c(-c3ccccc3)c3cc(Cl)ccc3n2C)c1. The highest BCUT2D eigenvalue weighted by Gasteiger charge is 2.17. The van der Waals surface area contributed by atoms with Crippen LogP contribution in [0.5, 0.6) is 5.75 Å². The Morgan fingerprint density at radius 1 is 1.03 bits per heavy atom. The molecule has 0 radical (unpaired) electrons. The molecule has 32 heavy (non-hydrogen) atoms. The smallest absolute Gasteiger partial charge is 0.319 e. The fourth-order valence-electron chi connectivity index (χ4n) is 3.86. The zero-order valence-corrected chi connectivity index (χ0v) is 19.1. The number of ether oxygens (including phenoxy) is 1.